The van der Waals surface area contributed by atoms with Crippen molar-refractivity contribution in [2.24, 2.45) is 0 Å². The van der Waals surface area contributed by atoms with Crippen molar-refractivity contribution in [2.75, 3.05) is 31.4 Å². The van der Waals surface area contributed by atoms with Crippen LogP contribution in [0.3, 0.4) is 0 Å². The molecule has 0 aliphatic heterocycles. The Hall–Kier alpha value is -1.11. The second-order valence-electron chi connectivity index (χ2n) is 5.08. The van der Waals surface area contributed by atoms with Gasteiger partial charge in [-0.05, 0) is 43.6 Å². The molecule has 5 nitrogen and oxygen atoms in total. The maximum atomic E-state index is 12.2. The average Bonchev–Trinajstić information content (AvgIpc) is 2.45. The molecule has 6 heteroatoms. The van der Waals surface area contributed by atoms with Crippen LogP contribution in [0.5, 0.6) is 0 Å². The van der Waals surface area contributed by atoms with Gasteiger partial charge in [0.25, 0.3) is 0 Å². The molecule has 0 aliphatic rings. The highest BCUT2D eigenvalue weighted by atomic mass is 32.2. The van der Waals surface area contributed by atoms with E-state index in [1.807, 2.05) is 31.2 Å². The Morgan fingerprint density at radius 2 is 1.81 bits per heavy atom. The first-order valence-corrected chi connectivity index (χ1v) is 8.97. The summed E-state index contributed by atoms with van der Waals surface area (Å²) in [5, 5.41) is 3.18. The number of hydrogen-bond acceptors (Lipinski definition) is 3. The van der Waals surface area contributed by atoms with E-state index in [9.17, 15) is 8.42 Å². The van der Waals surface area contributed by atoms with Crippen LogP contribution in [0.15, 0.2) is 24.3 Å². The molecule has 21 heavy (non-hydrogen) atoms. The Balaban J connectivity index is 2.54. The number of hydrogen-bond donors (Lipinski definition) is 2. The Kier molecular flexibility index (Phi) is 7.71. The second kappa shape index (κ2) is 9.02. The molecule has 0 bridgehead atoms. The number of nitrogens with zero attached hydrogens (tertiary/aromatic N) is 1. The Labute approximate surface area is 128 Å². The van der Waals surface area contributed by atoms with Gasteiger partial charge in [-0.25, -0.2) is 0 Å². The van der Waals surface area contributed by atoms with E-state index in [2.05, 4.69) is 17.0 Å². The molecule has 0 atom stereocenters. The molecule has 0 fully saturated rings. The number of rotatable bonds is 10. The van der Waals surface area contributed by atoms with Crippen LogP contribution in [0.25, 0.3) is 0 Å². The highest BCUT2D eigenvalue weighted by Crippen LogP contribution is 2.13. The monoisotopic (exact) mass is 313 g/mol. The SMILES string of the molecule is CCCc1ccc(NS(=O)(=O)N(C)CCCNCC)cc1. The van der Waals surface area contributed by atoms with Gasteiger partial charge in [-0.3, -0.25) is 4.72 Å². The lowest BCUT2D eigenvalue weighted by Gasteiger charge is -2.18. The van der Waals surface area contributed by atoms with Gasteiger partial charge in [0.15, 0.2) is 0 Å². The maximum Gasteiger partial charge on any atom is 0.301 e. The molecule has 0 amide bonds. The predicted molar refractivity (Wildman–Crippen MR) is 88.8 cm³/mol. The standard InChI is InChI=1S/C15H27N3O2S/c1-4-7-14-8-10-15(11-9-14)17-21(19,20)18(3)13-6-12-16-5-2/h8-11,16-17H,4-7,12-13H2,1-3H3. The molecule has 1 rings (SSSR count). The summed E-state index contributed by atoms with van der Waals surface area (Å²) in [6.07, 6.45) is 2.89. The molecule has 0 heterocycles. The van der Waals surface area contributed by atoms with Gasteiger partial charge in [0, 0.05) is 19.3 Å². The van der Waals surface area contributed by atoms with Crippen LogP contribution in [0.2, 0.25) is 0 Å². The Morgan fingerprint density at radius 3 is 2.38 bits per heavy atom. The van der Waals surface area contributed by atoms with Crippen molar-refractivity contribution in [1.29, 1.82) is 0 Å². The van der Waals surface area contributed by atoms with Crippen molar-refractivity contribution in [3.8, 4) is 0 Å². The Morgan fingerprint density at radius 1 is 1.14 bits per heavy atom. The minimum atomic E-state index is -3.47. The van der Waals surface area contributed by atoms with Crippen LogP contribution in [-0.4, -0.2) is 39.4 Å². The fraction of sp³-hybridized carbons (Fsp3) is 0.600. The predicted octanol–water partition coefficient (Wildman–Crippen LogP) is 2.23. The van der Waals surface area contributed by atoms with Crippen molar-refractivity contribution in [3.05, 3.63) is 29.8 Å². The van der Waals surface area contributed by atoms with Gasteiger partial charge in [-0.1, -0.05) is 32.4 Å². The molecule has 0 spiro atoms. The van der Waals surface area contributed by atoms with Crippen LogP contribution < -0.4 is 10.0 Å². The van der Waals surface area contributed by atoms with Crippen LogP contribution in [0, 0.1) is 0 Å². The summed E-state index contributed by atoms with van der Waals surface area (Å²) >= 11 is 0. The first-order valence-electron chi connectivity index (χ1n) is 7.53. The summed E-state index contributed by atoms with van der Waals surface area (Å²) in [6.45, 7) is 6.38. The first-order chi connectivity index (χ1) is 9.99. The summed E-state index contributed by atoms with van der Waals surface area (Å²) < 4.78 is 28.3. The normalized spacial score (nSPS) is 11.8. The molecule has 1 aromatic rings. The molecule has 0 unspecified atom stereocenters. The second-order valence-corrected chi connectivity index (χ2v) is 6.86. The number of benzene rings is 1. The van der Waals surface area contributed by atoms with Crippen LogP contribution in [0.4, 0.5) is 5.69 Å². The third-order valence-corrected chi connectivity index (χ3v) is 4.72. The quantitative estimate of drug-likeness (QED) is 0.651. The molecule has 2 N–H and O–H groups in total. The fourth-order valence-electron chi connectivity index (χ4n) is 1.98. The topological polar surface area (TPSA) is 61.4 Å². The van der Waals surface area contributed by atoms with Gasteiger partial charge in [0.2, 0.25) is 0 Å². The highest BCUT2D eigenvalue weighted by Gasteiger charge is 2.16. The lowest BCUT2D eigenvalue weighted by atomic mass is 10.1. The molecule has 0 aromatic heterocycles. The Bertz CT molecular complexity index is 500. The van der Waals surface area contributed by atoms with E-state index in [0.29, 0.717) is 12.2 Å². The summed E-state index contributed by atoms with van der Waals surface area (Å²) in [5.41, 5.74) is 1.83. The van der Waals surface area contributed by atoms with Gasteiger partial charge < -0.3 is 5.32 Å². The third kappa shape index (κ3) is 6.46. The van der Waals surface area contributed by atoms with Crippen molar-refractivity contribution in [3.63, 3.8) is 0 Å². The van der Waals surface area contributed by atoms with E-state index in [0.717, 1.165) is 32.4 Å². The van der Waals surface area contributed by atoms with E-state index < -0.39 is 10.2 Å². The molecule has 1 aromatic carbocycles. The van der Waals surface area contributed by atoms with E-state index in [4.69, 9.17) is 0 Å². The van der Waals surface area contributed by atoms with Crippen molar-refractivity contribution < 1.29 is 8.42 Å². The van der Waals surface area contributed by atoms with Crippen LogP contribution in [-0.2, 0) is 16.6 Å². The van der Waals surface area contributed by atoms with Crippen LogP contribution in [0.1, 0.15) is 32.3 Å². The van der Waals surface area contributed by atoms with Gasteiger partial charge >= 0.3 is 10.2 Å². The minimum Gasteiger partial charge on any atom is -0.317 e. The van der Waals surface area contributed by atoms with E-state index >= 15 is 0 Å². The number of aryl methyl sites for hydroxylation is 1. The first kappa shape index (κ1) is 17.9. The maximum absolute atomic E-state index is 12.2. The van der Waals surface area contributed by atoms with Gasteiger partial charge in [-0.15, -0.1) is 0 Å². The summed E-state index contributed by atoms with van der Waals surface area (Å²) in [4.78, 5) is 0. The average molecular weight is 313 g/mol. The lowest BCUT2D eigenvalue weighted by Crippen LogP contribution is -2.34. The molecule has 0 radical (unpaired) electrons. The summed E-state index contributed by atoms with van der Waals surface area (Å²) in [6, 6.07) is 7.56. The largest absolute Gasteiger partial charge is 0.317 e. The lowest BCUT2D eigenvalue weighted by molar-refractivity contribution is 0.459. The van der Waals surface area contributed by atoms with E-state index in [1.165, 1.54) is 9.87 Å². The van der Waals surface area contributed by atoms with Crippen molar-refractivity contribution in [1.82, 2.24) is 9.62 Å². The van der Waals surface area contributed by atoms with Gasteiger partial charge in [0.1, 0.15) is 0 Å². The number of nitrogens with one attached hydrogen (secondary N) is 2. The van der Waals surface area contributed by atoms with Crippen molar-refractivity contribution >= 4 is 15.9 Å². The zero-order valence-electron chi connectivity index (χ0n) is 13.2. The zero-order valence-corrected chi connectivity index (χ0v) is 14.0. The van der Waals surface area contributed by atoms with Gasteiger partial charge in [-0.2, -0.15) is 12.7 Å². The third-order valence-electron chi connectivity index (χ3n) is 3.23. The molecular formula is C15H27N3O2S. The fourth-order valence-corrected chi connectivity index (χ4v) is 2.94. The minimum absolute atomic E-state index is 0.496. The van der Waals surface area contributed by atoms with Crippen molar-refractivity contribution in [2.45, 2.75) is 33.1 Å². The summed E-state index contributed by atoms with van der Waals surface area (Å²) in [5.74, 6) is 0. The number of anilines is 1. The highest BCUT2D eigenvalue weighted by molar-refractivity contribution is 7.90. The van der Waals surface area contributed by atoms with Gasteiger partial charge in [0.05, 0.1) is 0 Å². The smallest absolute Gasteiger partial charge is 0.301 e. The molecule has 120 valence electrons. The molecule has 0 aliphatic carbocycles. The van der Waals surface area contributed by atoms with E-state index in [-0.39, 0.29) is 0 Å². The molecule has 0 saturated heterocycles. The molecular weight excluding hydrogens is 286 g/mol. The van der Waals surface area contributed by atoms with Crippen LogP contribution >= 0.6 is 0 Å². The zero-order chi connectivity index (χ0) is 15.7. The van der Waals surface area contributed by atoms with E-state index in [1.54, 1.807) is 7.05 Å². The molecule has 0 saturated carbocycles. The summed E-state index contributed by atoms with van der Waals surface area (Å²) in [7, 11) is -1.87.